The van der Waals surface area contributed by atoms with Crippen LogP contribution in [0.25, 0.3) is 16.7 Å². The van der Waals surface area contributed by atoms with Crippen molar-refractivity contribution in [2.24, 2.45) is 0 Å². The van der Waals surface area contributed by atoms with E-state index in [2.05, 4.69) is 32.3 Å². The maximum Gasteiger partial charge on any atom is 0.113 e. The molecule has 0 spiro atoms. The van der Waals surface area contributed by atoms with Gasteiger partial charge in [-0.3, -0.25) is 0 Å². The number of halogens is 1. The molecule has 2 aromatic carbocycles. The van der Waals surface area contributed by atoms with Gasteiger partial charge in [0.15, 0.2) is 0 Å². The van der Waals surface area contributed by atoms with Crippen molar-refractivity contribution in [3.05, 3.63) is 52.5 Å². The number of nitrogens with zero attached hydrogens (tertiary/aromatic N) is 4. The maximum absolute atomic E-state index is 9.15. The zero-order valence-electron chi connectivity index (χ0n) is 9.21. The van der Waals surface area contributed by atoms with Crippen LogP contribution in [0.1, 0.15) is 5.56 Å². The first-order chi connectivity index (χ1) is 8.79. The van der Waals surface area contributed by atoms with Gasteiger partial charge >= 0.3 is 0 Å². The normalized spacial score (nSPS) is 10.4. The Bertz CT molecular complexity index is 770. The van der Waals surface area contributed by atoms with Crippen molar-refractivity contribution in [1.82, 2.24) is 15.0 Å². The predicted octanol–water partition coefficient (Wildman–Crippen LogP) is 3.05. The molecule has 0 aliphatic carbocycles. The number of aromatic nitrogens is 3. The Morgan fingerprint density at radius 3 is 2.83 bits per heavy atom. The SMILES string of the molecule is N#Cc1ccc(Br)cc1-n1nnc2ccccc21. The number of hydrogen-bond donors (Lipinski definition) is 0. The lowest BCUT2D eigenvalue weighted by atomic mass is 10.2. The fraction of sp³-hybridized carbons (Fsp3) is 0. The lowest BCUT2D eigenvalue weighted by Crippen LogP contribution is -1.99. The molecule has 0 fully saturated rings. The quantitative estimate of drug-likeness (QED) is 0.694. The van der Waals surface area contributed by atoms with E-state index < -0.39 is 0 Å². The Balaban J connectivity index is 2.33. The van der Waals surface area contributed by atoms with Crippen molar-refractivity contribution in [3.63, 3.8) is 0 Å². The minimum atomic E-state index is 0.564. The molecule has 86 valence electrons. The highest BCUT2D eigenvalue weighted by Crippen LogP contribution is 2.22. The van der Waals surface area contributed by atoms with E-state index in [0.29, 0.717) is 5.56 Å². The predicted molar refractivity (Wildman–Crippen MR) is 71.3 cm³/mol. The molecule has 0 aliphatic heterocycles. The van der Waals surface area contributed by atoms with E-state index in [0.717, 1.165) is 21.2 Å². The molecule has 3 rings (SSSR count). The van der Waals surface area contributed by atoms with E-state index in [4.69, 9.17) is 5.26 Å². The van der Waals surface area contributed by atoms with Crippen molar-refractivity contribution < 1.29 is 0 Å². The van der Waals surface area contributed by atoms with Crippen LogP contribution >= 0.6 is 15.9 Å². The number of benzene rings is 2. The first-order valence-corrected chi connectivity index (χ1v) is 6.09. The molecule has 0 aliphatic rings. The second-order valence-corrected chi connectivity index (χ2v) is 4.68. The molecule has 1 aromatic heterocycles. The molecule has 1 heterocycles. The van der Waals surface area contributed by atoms with Crippen LogP contribution in [0.3, 0.4) is 0 Å². The molecule has 4 nitrogen and oxygen atoms in total. The van der Waals surface area contributed by atoms with Crippen LogP contribution in [0.5, 0.6) is 0 Å². The van der Waals surface area contributed by atoms with Crippen LogP contribution in [0.2, 0.25) is 0 Å². The summed E-state index contributed by atoms with van der Waals surface area (Å²) in [4.78, 5) is 0. The number of hydrogen-bond acceptors (Lipinski definition) is 3. The number of fused-ring (bicyclic) bond motifs is 1. The molecule has 0 unspecified atom stereocenters. The minimum absolute atomic E-state index is 0.564. The first kappa shape index (κ1) is 10.9. The van der Waals surface area contributed by atoms with E-state index in [1.807, 2.05) is 36.4 Å². The van der Waals surface area contributed by atoms with Gasteiger partial charge in [-0.1, -0.05) is 33.3 Å². The second-order valence-electron chi connectivity index (χ2n) is 3.76. The van der Waals surface area contributed by atoms with Crippen LogP contribution in [0.15, 0.2) is 46.9 Å². The summed E-state index contributed by atoms with van der Waals surface area (Å²) < 4.78 is 2.58. The molecule has 18 heavy (non-hydrogen) atoms. The van der Waals surface area contributed by atoms with Crippen molar-refractivity contribution in [2.45, 2.75) is 0 Å². The zero-order valence-corrected chi connectivity index (χ0v) is 10.8. The lowest BCUT2D eigenvalue weighted by molar-refractivity contribution is 0.821. The van der Waals surface area contributed by atoms with E-state index in [9.17, 15) is 0 Å². The molecule has 0 amide bonds. The summed E-state index contributed by atoms with van der Waals surface area (Å²) in [6.45, 7) is 0. The van der Waals surface area contributed by atoms with Crippen LogP contribution in [-0.2, 0) is 0 Å². The standard InChI is InChI=1S/C13H7BrN4/c14-10-6-5-9(8-15)13(7-10)18-12-4-2-1-3-11(12)16-17-18/h1-7H. The Morgan fingerprint density at radius 2 is 2.00 bits per heavy atom. The van der Waals surface area contributed by atoms with E-state index in [1.54, 1.807) is 10.7 Å². The Hall–Kier alpha value is -2.19. The van der Waals surface area contributed by atoms with E-state index in [-0.39, 0.29) is 0 Å². The highest BCUT2D eigenvalue weighted by Gasteiger charge is 2.10. The Labute approximate surface area is 112 Å². The van der Waals surface area contributed by atoms with Crippen LogP contribution < -0.4 is 0 Å². The average molecular weight is 299 g/mol. The summed E-state index contributed by atoms with van der Waals surface area (Å²) in [5.41, 5.74) is 2.97. The summed E-state index contributed by atoms with van der Waals surface area (Å²) in [6.07, 6.45) is 0. The molecular formula is C13H7BrN4. The Kier molecular flexibility index (Phi) is 2.58. The topological polar surface area (TPSA) is 54.5 Å². The van der Waals surface area contributed by atoms with Gasteiger partial charge in [-0.2, -0.15) is 5.26 Å². The van der Waals surface area contributed by atoms with Crippen LogP contribution in [0, 0.1) is 11.3 Å². The smallest absolute Gasteiger partial charge is 0.113 e. The lowest BCUT2D eigenvalue weighted by Gasteiger charge is -2.05. The molecule has 0 saturated carbocycles. The summed E-state index contributed by atoms with van der Waals surface area (Å²) in [5.74, 6) is 0. The molecule has 0 atom stereocenters. The summed E-state index contributed by atoms with van der Waals surface area (Å²) in [6, 6.07) is 15.3. The van der Waals surface area contributed by atoms with Crippen LogP contribution in [-0.4, -0.2) is 15.0 Å². The summed E-state index contributed by atoms with van der Waals surface area (Å²) in [5, 5.41) is 17.4. The van der Waals surface area contributed by atoms with Gasteiger partial charge in [0.25, 0.3) is 0 Å². The van der Waals surface area contributed by atoms with Crippen LogP contribution in [0.4, 0.5) is 0 Å². The largest absolute Gasteiger partial charge is 0.211 e. The molecule has 0 bridgehead atoms. The zero-order chi connectivity index (χ0) is 12.5. The van der Waals surface area contributed by atoms with Crippen molar-refractivity contribution in [2.75, 3.05) is 0 Å². The third-order valence-electron chi connectivity index (χ3n) is 2.66. The minimum Gasteiger partial charge on any atom is -0.211 e. The van der Waals surface area contributed by atoms with Gasteiger partial charge in [-0.15, -0.1) is 5.10 Å². The third kappa shape index (κ3) is 1.67. The number of rotatable bonds is 1. The highest BCUT2D eigenvalue weighted by molar-refractivity contribution is 9.10. The first-order valence-electron chi connectivity index (χ1n) is 5.30. The summed E-state index contributed by atoms with van der Waals surface area (Å²) >= 11 is 3.40. The van der Waals surface area contributed by atoms with E-state index in [1.165, 1.54) is 0 Å². The molecule has 0 saturated heterocycles. The summed E-state index contributed by atoms with van der Waals surface area (Å²) in [7, 11) is 0. The molecule has 5 heteroatoms. The fourth-order valence-electron chi connectivity index (χ4n) is 1.82. The van der Waals surface area contributed by atoms with Crippen molar-refractivity contribution in [3.8, 4) is 11.8 Å². The molecule has 3 aromatic rings. The van der Waals surface area contributed by atoms with Gasteiger partial charge in [-0.25, -0.2) is 4.68 Å². The average Bonchev–Trinajstić information content (AvgIpc) is 2.82. The monoisotopic (exact) mass is 298 g/mol. The Morgan fingerprint density at radius 1 is 1.17 bits per heavy atom. The maximum atomic E-state index is 9.15. The molecule has 0 radical (unpaired) electrons. The van der Waals surface area contributed by atoms with Gasteiger partial charge < -0.3 is 0 Å². The van der Waals surface area contributed by atoms with Crippen molar-refractivity contribution in [1.29, 1.82) is 5.26 Å². The number of para-hydroxylation sites is 1. The molecule has 0 N–H and O–H groups in total. The second kappa shape index (κ2) is 4.24. The third-order valence-corrected chi connectivity index (χ3v) is 3.15. The fourth-order valence-corrected chi connectivity index (χ4v) is 2.17. The van der Waals surface area contributed by atoms with Gasteiger partial charge in [0.2, 0.25) is 0 Å². The van der Waals surface area contributed by atoms with Gasteiger partial charge in [0.1, 0.15) is 11.6 Å². The highest BCUT2D eigenvalue weighted by atomic mass is 79.9. The number of nitriles is 1. The van der Waals surface area contributed by atoms with Crippen molar-refractivity contribution >= 4 is 27.0 Å². The molecular weight excluding hydrogens is 292 g/mol. The van der Waals surface area contributed by atoms with Gasteiger partial charge in [0, 0.05) is 4.47 Å². The van der Waals surface area contributed by atoms with Gasteiger partial charge in [-0.05, 0) is 30.3 Å². The van der Waals surface area contributed by atoms with E-state index >= 15 is 0 Å². The van der Waals surface area contributed by atoms with Gasteiger partial charge in [0.05, 0.1) is 16.8 Å².